The zero-order valence-corrected chi connectivity index (χ0v) is 15.8. The number of nitrogens with one attached hydrogen (secondary N) is 1. The SMILES string of the molecule is CC1CCN(c2ccc(NC(=O)Cc3ccc(Cl)cc3)cc2Cl)CC1. The molecule has 0 atom stereocenters. The molecule has 1 amide bonds. The summed E-state index contributed by atoms with van der Waals surface area (Å²) in [5.41, 5.74) is 2.69. The Labute approximate surface area is 158 Å². The van der Waals surface area contributed by atoms with E-state index in [1.54, 1.807) is 12.1 Å². The van der Waals surface area contributed by atoms with Gasteiger partial charge in [-0.3, -0.25) is 4.79 Å². The lowest BCUT2D eigenvalue weighted by Crippen LogP contribution is -2.32. The summed E-state index contributed by atoms with van der Waals surface area (Å²) in [7, 11) is 0. The zero-order valence-electron chi connectivity index (χ0n) is 14.3. The smallest absolute Gasteiger partial charge is 0.228 e. The molecule has 0 aliphatic carbocycles. The van der Waals surface area contributed by atoms with Gasteiger partial charge in [-0.05, 0) is 54.7 Å². The first-order chi connectivity index (χ1) is 12.0. The number of anilines is 2. The lowest BCUT2D eigenvalue weighted by molar-refractivity contribution is -0.115. The van der Waals surface area contributed by atoms with Gasteiger partial charge in [-0.2, -0.15) is 0 Å². The minimum absolute atomic E-state index is 0.0714. The molecule has 1 aliphatic rings. The van der Waals surface area contributed by atoms with E-state index in [4.69, 9.17) is 23.2 Å². The van der Waals surface area contributed by atoms with Crippen molar-refractivity contribution in [2.75, 3.05) is 23.3 Å². The Hall–Kier alpha value is -1.71. The Bertz CT molecular complexity index is 738. The van der Waals surface area contributed by atoms with Crippen molar-refractivity contribution in [1.82, 2.24) is 0 Å². The van der Waals surface area contributed by atoms with Gasteiger partial charge in [0.05, 0.1) is 17.1 Å². The number of carbonyl (C=O) groups excluding carboxylic acids is 1. The van der Waals surface area contributed by atoms with Crippen LogP contribution in [0.15, 0.2) is 42.5 Å². The van der Waals surface area contributed by atoms with Gasteiger partial charge in [0.1, 0.15) is 0 Å². The molecule has 2 aromatic rings. The Morgan fingerprint density at radius 2 is 1.80 bits per heavy atom. The van der Waals surface area contributed by atoms with E-state index in [1.807, 2.05) is 30.3 Å². The van der Waals surface area contributed by atoms with Gasteiger partial charge in [0.2, 0.25) is 5.91 Å². The van der Waals surface area contributed by atoms with Crippen LogP contribution in [-0.4, -0.2) is 19.0 Å². The second-order valence-electron chi connectivity index (χ2n) is 6.69. The number of amides is 1. The van der Waals surface area contributed by atoms with E-state index in [-0.39, 0.29) is 5.91 Å². The van der Waals surface area contributed by atoms with Crippen molar-refractivity contribution in [2.45, 2.75) is 26.2 Å². The van der Waals surface area contributed by atoms with Crippen LogP contribution < -0.4 is 10.2 Å². The molecule has 0 radical (unpaired) electrons. The summed E-state index contributed by atoms with van der Waals surface area (Å²) in [6.07, 6.45) is 2.69. The van der Waals surface area contributed by atoms with Crippen molar-refractivity contribution < 1.29 is 4.79 Å². The first kappa shape index (κ1) is 18.1. The average Bonchev–Trinajstić information content (AvgIpc) is 2.58. The van der Waals surface area contributed by atoms with Crippen LogP contribution in [0.4, 0.5) is 11.4 Å². The van der Waals surface area contributed by atoms with Gasteiger partial charge in [-0.1, -0.05) is 42.3 Å². The van der Waals surface area contributed by atoms with Crippen molar-refractivity contribution in [2.24, 2.45) is 5.92 Å². The van der Waals surface area contributed by atoms with Crippen molar-refractivity contribution in [1.29, 1.82) is 0 Å². The molecule has 3 rings (SSSR count). The quantitative estimate of drug-likeness (QED) is 0.773. The third-order valence-electron chi connectivity index (χ3n) is 4.63. The molecule has 1 heterocycles. The van der Waals surface area contributed by atoms with Crippen molar-refractivity contribution in [3.05, 3.63) is 58.1 Å². The van der Waals surface area contributed by atoms with E-state index in [2.05, 4.69) is 17.1 Å². The largest absolute Gasteiger partial charge is 0.370 e. The summed E-state index contributed by atoms with van der Waals surface area (Å²) in [6.45, 7) is 4.35. The van der Waals surface area contributed by atoms with Crippen LogP contribution in [0.5, 0.6) is 0 Å². The van der Waals surface area contributed by atoms with Gasteiger partial charge in [-0.25, -0.2) is 0 Å². The average molecular weight is 377 g/mol. The standard InChI is InChI=1S/C20H22Cl2N2O/c1-14-8-10-24(11-9-14)19-7-6-17(13-18(19)22)23-20(25)12-15-2-4-16(21)5-3-15/h2-7,13-14H,8-12H2,1H3,(H,23,25). The monoisotopic (exact) mass is 376 g/mol. The van der Waals surface area contributed by atoms with Crippen LogP contribution in [0.3, 0.4) is 0 Å². The molecule has 1 fully saturated rings. The highest BCUT2D eigenvalue weighted by Crippen LogP contribution is 2.31. The summed E-state index contributed by atoms with van der Waals surface area (Å²) < 4.78 is 0. The minimum atomic E-state index is -0.0714. The molecule has 0 aromatic heterocycles. The number of nitrogens with zero attached hydrogens (tertiary/aromatic N) is 1. The summed E-state index contributed by atoms with van der Waals surface area (Å²) in [6, 6.07) is 13.0. The molecule has 25 heavy (non-hydrogen) atoms. The third-order valence-corrected chi connectivity index (χ3v) is 5.19. The first-order valence-electron chi connectivity index (χ1n) is 8.60. The van der Waals surface area contributed by atoms with Crippen LogP contribution >= 0.6 is 23.2 Å². The van der Waals surface area contributed by atoms with Crippen LogP contribution in [0, 0.1) is 5.92 Å². The fourth-order valence-electron chi connectivity index (χ4n) is 3.08. The molecule has 0 unspecified atom stereocenters. The predicted octanol–water partition coefficient (Wildman–Crippen LogP) is 5.41. The zero-order chi connectivity index (χ0) is 17.8. The van der Waals surface area contributed by atoms with Crippen molar-refractivity contribution in [3.63, 3.8) is 0 Å². The Balaban J connectivity index is 1.62. The molecular weight excluding hydrogens is 355 g/mol. The van der Waals surface area contributed by atoms with Gasteiger partial charge in [0, 0.05) is 23.8 Å². The number of hydrogen-bond donors (Lipinski definition) is 1. The topological polar surface area (TPSA) is 32.3 Å². The molecule has 132 valence electrons. The number of halogens is 2. The second kappa shape index (κ2) is 8.11. The molecular formula is C20H22Cl2N2O. The van der Waals surface area contributed by atoms with E-state index < -0.39 is 0 Å². The Morgan fingerprint density at radius 1 is 1.12 bits per heavy atom. The summed E-state index contributed by atoms with van der Waals surface area (Å²) in [5, 5.41) is 4.25. The van der Waals surface area contributed by atoms with Gasteiger partial charge in [-0.15, -0.1) is 0 Å². The molecule has 2 aromatic carbocycles. The molecule has 5 heteroatoms. The van der Waals surface area contributed by atoms with Gasteiger partial charge < -0.3 is 10.2 Å². The van der Waals surface area contributed by atoms with Crippen LogP contribution in [-0.2, 0) is 11.2 Å². The lowest BCUT2D eigenvalue weighted by atomic mass is 9.99. The van der Waals surface area contributed by atoms with Crippen molar-refractivity contribution in [3.8, 4) is 0 Å². The van der Waals surface area contributed by atoms with Crippen LogP contribution in [0.25, 0.3) is 0 Å². The maximum absolute atomic E-state index is 12.2. The molecule has 0 spiro atoms. The molecule has 1 N–H and O–H groups in total. The lowest BCUT2D eigenvalue weighted by Gasteiger charge is -2.32. The predicted molar refractivity (Wildman–Crippen MR) is 106 cm³/mol. The Kier molecular flexibility index (Phi) is 5.87. The highest BCUT2D eigenvalue weighted by atomic mass is 35.5. The number of piperidine rings is 1. The van der Waals surface area contributed by atoms with Crippen LogP contribution in [0.1, 0.15) is 25.3 Å². The highest BCUT2D eigenvalue weighted by Gasteiger charge is 2.18. The molecule has 1 saturated heterocycles. The number of carbonyl (C=O) groups is 1. The van der Waals surface area contributed by atoms with Crippen molar-refractivity contribution >= 4 is 40.5 Å². The fourth-order valence-corrected chi connectivity index (χ4v) is 3.51. The van der Waals surface area contributed by atoms with Gasteiger partial charge in [0.15, 0.2) is 0 Å². The summed E-state index contributed by atoms with van der Waals surface area (Å²) in [4.78, 5) is 14.5. The van der Waals surface area contributed by atoms with Gasteiger partial charge >= 0.3 is 0 Å². The second-order valence-corrected chi connectivity index (χ2v) is 7.53. The fraction of sp³-hybridized carbons (Fsp3) is 0.350. The first-order valence-corrected chi connectivity index (χ1v) is 9.35. The number of rotatable bonds is 4. The third kappa shape index (κ3) is 4.90. The maximum atomic E-state index is 12.2. The number of benzene rings is 2. The summed E-state index contributed by atoms with van der Waals surface area (Å²) >= 11 is 12.3. The van der Waals surface area contributed by atoms with Gasteiger partial charge in [0.25, 0.3) is 0 Å². The molecule has 0 saturated carbocycles. The molecule has 3 nitrogen and oxygen atoms in total. The van der Waals surface area contributed by atoms with Crippen LogP contribution in [0.2, 0.25) is 10.0 Å². The number of hydrogen-bond acceptors (Lipinski definition) is 2. The maximum Gasteiger partial charge on any atom is 0.228 e. The molecule has 1 aliphatic heterocycles. The summed E-state index contributed by atoms with van der Waals surface area (Å²) in [5.74, 6) is 0.708. The van der Waals surface area contributed by atoms with E-state index >= 15 is 0 Å². The molecule has 0 bridgehead atoms. The normalized spacial score (nSPS) is 15.2. The Morgan fingerprint density at radius 3 is 2.44 bits per heavy atom. The van der Waals surface area contributed by atoms with E-state index in [0.29, 0.717) is 16.5 Å². The van der Waals surface area contributed by atoms with E-state index in [0.717, 1.165) is 35.9 Å². The van der Waals surface area contributed by atoms with E-state index in [9.17, 15) is 4.79 Å². The minimum Gasteiger partial charge on any atom is -0.370 e. The highest BCUT2D eigenvalue weighted by molar-refractivity contribution is 6.33. The van der Waals surface area contributed by atoms with E-state index in [1.165, 1.54) is 12.8 Å².